The lowest BCUT2D eigenvalue weighted by atomic mass is 9.96. The number of hydrogen-bond acceptors (Lipinski definition) is 1. The predicted octanol–water partition coefficient (Wildman–Crippen LogP) is 3.30. The van der Waals surface area contributed by atoms with Crippen LogP contribution in [0, 0.1) is 5.92 Å². The summed E-state index contributed by atoms with van der Waals surface area (Å²) in [5, 5.41) is 0. The van der Waals surface area contributed by atoms with Gasteiger partial charge in [0.1, 0.15) is 0 Å². The minimum Gasteiger partial charge on any atom is -0.298 e. The molecule has 1 aliphatic heterocycles. The molecule has 1 heterocycles. The van der Waals surface area contributed by atoms with Gasteiger partial charge in [0.15, 0.2) is 0 Å². The highest BCUT2D eigenvalue weighted by Crippen LogP contribution is 2.23. The van der Waals surface area contributed by atoms with E-state index in [4.69, 9.17) is 0 Å². The largest absolute Gasteiger partial charge is 0.298 e. The Labute approximate surface area is 83.5 Å². The molecule has 0 aromatic heterocycles. The van der Waals surface area contributed by atoms with E-state index in [0.717, 1.165) is 18.0 Å². The summed E-state index contributed by atoms with van der Waals surface area (Å²) in [6.45, 7) is 10.7. The van der Waals surface area contributed by atoms with Gasteiger partial charge in [-0.2, -0.15) is 0 Å². The Morgan fingerprint density at radius 2 is 1.69 bits per heavy atom. The number of likely N-dealkylation sites (tertiary alicyclic amines) is 1. The number of hydrogen-bond donors (Lipinski definition) is 0. The molecule has 0 spiro atoms. The van der Waals surface area contributed by atoms with Gasteiger partial charge in [-0.15, -0.1) is 0 Å². The van der Waals surface area contributed by atoms with E-state index in [2.05, 4.69) is 32.6 Å². The fourth-order valence-corrected chi connectivity index (χ4v) is 2.32. The lowest BCUT2D eigenvalue weighted by Gasteiger charge is -2.39. The van der Waals surface area contributed by atoms with Crippen molar-refractivity contribution in [1.82, 2.24) is 4.90 Å². The van der Waals surface area contributed by atoms with Crippen LogP contribution in [0.4, 0.5) is 0 Å². The highest BCUT2D eigenvalue weighted by Gasteiger charge is 2.23. The quantitative estimate of drug-likeness (QED) is 0.649. The third kappa shape index (κ3) is 3.30. The summed E-state index contributed by atoms with van der Waals surface area (Å²) in [6.07, 6.45) is 5.60. The molecular weight excluding hydrogens is 158 g/mol. The summed E-state index contributed by atoms with van der Waals surface area (Å²) >= 11 is 0. The molecule has 2 unspecified atom stereocenters. The molecule has 0 radical (unpaired) electrons. The third-order valence-electron chi connectivity index (χ3n) is 3.34. The van der Waals surface area contributed by atoms with Crippen LogP contribution in [0.1, 0.15) is 53.4 Å². The minimum absolute atomic E-state index is 0.822. The van der Waals surface area contributed by atoms with Crippen LogP contribution in [-0.4, -0.2) is 23.5 Å². The first-order valence-electron chi connectivity index (χ1n) is 5.87. The Balaban J connectivity index is 2.35. The summed E-state index contributed by atoms with van der Waals surface area (Å²) in [5.74, 6) is 0.848. The van der Waals surface area contributed by atoms with Crippen molar-refractivity contribution in [2.45, 2.75) is 65.5 Å². The number of nitrogens with zero attached hydrogens (tertiary/aromatic N) is 1. The second-order valence-corrected chi connectivity index (χ2v) is 5.05. The molecule has 2 atom stereocenters. The van der Waals surface area contributed by atoms with E-state index < -0.39 is 0 Å². The second kappa shape index (κ2) is 4.99. The lowest BCUT2D eigenvalue weighted by molar-refractivity contribution is 0.0978. The summed E-state index contributed by atoms with van der Waals surface area (Å²) in [6, 6.07) is 1.64. The van der Waals surface area contributed by atoms with E-state index in [0.29, 0.717) is 0 Å². The summed E-state index contributed by atoms with van der Waals surface area (Å²) in [4.78, 5) is 2.70. The zero-order valence-electron chi connectivity index (χ0n) is 9.71. The van der Waals surface area contributed by atoms with Crippen LogP contribution in [0.2, 0.25) is 0 Å². The molecule has 0 N–H and O–H groups in total. The van der Waals surface area contributed by atoms with Crippen LogP contribution in [-0.2, 0) is 0 Å². The first kappa shape index (κ1) is 11.0. The standard InChI is InChI=1S/C12H25N/c1-10(2)8-9-13-11(3)6-5-7-12(13)4/h10-12H,5-9H2,1-4H3. The molecule has 1 heteroatoms. The molecule has 1 aliphatic rings. The first-order valence-corrected chi connectivity index (χ1v) is 5.87. The molecule has 13 heavy (non-hydrogen) atoms. The highest BCUT2D eigenvalue weighted by molar-refractivity contribution is 4.79. The van der Waals surface area contributed by atoms with Crippen molar-refractivity contribution in [3.8, 4) is 0 Å². The van der Waals surface area contributed by atoms with Crippen LogP contribution in [0.15, 0.2) is 0 Å². The first-order chi connectivity index (χ1) is 6.11. The maximum absolute atomic E-state index is 2.70. The molecular formula is C12H25N. The van der Waals surface area contributed by atoms with Gasteiger partial charge in [0.25, 0.3) is 0 Å². The fourth-order valence-electron chi connectivity index (χ4n) is 2.32. The molecule has 0 bridgehead atoms. The van der Waals surface area contributed by atoms with Gasteiger partial charge in [-0.3, -0.25) is 4.90 Å². The number of piperidine rings is 1. The Hall–Kier alpha value is -0.0400. The van der Waals surface area contributed by atoms with Crippen LogP contribution in [0.3, 0.4) is 0 Å². The average molecular weight is 183 g/mol. The van der Waals surface area contributed by atoms with Crippen LogP contribution >= 0.6 is 0 Å². The summed E-state index contributed by atoms with van der Waals surface area (Å²) < 4.78 is 0. The second-order valence-electron chi connectivity index (χ2n) is 5.05. The van der Waals surface area contributed by atoms with Crippen molar-refractivity contribution in [3.63, 3.8) is 0 Å². The number of rotatable bonds is 3. The van der Waals surface area contributed by atoms with E-state index in [-0.39, 0.29) is 0 Å². The summed E-state index contributed by atoms with van der Waals surface area (Å²) in [7, 11) is 0. The Bertz CT molecular complexity index is 132. The van der Waals surface area contributed by atoms with Gasteiger partial charge in [-0.25, -0.2) is 0 Å². The van der Waals surface area contributed by atoms with Gasteiger partial charge < -0.3 is 0 Å². The minimum atomic E-state index is 0.822. The Morgan fingerprint density at radius 3 is 2.15 bits per heavy atom. The van der Waals surface area contributed by atoms with E-state index in [1.165, 1.54) is 32.2 Å². The molecule has 0 amide bonds. The van der Waals surface area contributed by atoms with Gasteiger partial charge >= 0.3 is 0 Å². The normalized spacial score (nSPS) is 31.2. The highest BCUT2D eigenvalue weighted by atomic mass is 15.2. The van der Waals surface area contributed by atoms with Gasteiger partial charge in [0, 0.05) is 12.1 Å². The fraction of sp³-hybridized carbons (Fsp3) is 1.00. The Kier molecular flexibility index (Phi) is 4.24. The molecule has 0 aliphatic carbocycles. The molecule has 78 valence electrons. The third-order valence-corrected chi connectivity index (χ3v) is 3.34. The smallest absolute Gasteiger partial charge is 0.00697 e. The van der Waals surface area contributed by atoms with Crippen molar-refractivity contribution >= 4 is 0 Å². The van der Waals surface area contributed by atoms with Crippen molar-refractivity contribution in [2.75, 3.05) is 6.54 Å². The zero-order chi connectivity index (χ0) is 9.84. The summed E-state index contributed by atoms with van der Waals surface area (Å²) in [5.41, 5.74) is 0. The van der Waals surface area contributed by atoms with Crippen LogP contribution < -0.4 is 0 Å². The monoisotopic (exact) mass is 183 g/mol. The Morgan fingerprint density at radius 1 is 1.15 bits per heavy atom. The topological polar surface area (TPSA) is 3.24 Å². The van der Waals surface area contributed by atoms with Crippen LogP contribution in [0.5, 0.6) is 0 Å². The van der Waals surface area contributed by atoms with Crippen molar-refractivity contribution in [1.29, 1.82) is 0 Å². The lowest BCUT2D eigenvalue weighted by Crippen LogP contribution is -2.44. The van der Waals surface area contributed by atoms with Gasteiger partial charge in [-0.1, -0.05) is 20.3 Å². The van der Waals surface area contributed by atoms with E-state index in [1.54, 1.807) is 0 Å². The molecule has 0 aromatic rings. The molecule has 0 saturated carbocycles. The molecule has 1 rings (SSSR count). The molecule has 1 saturated heterocycles. The van der Waals surface area contributed by atoms with E-state index >= 15 is 0 Å². The SMILES string of the molecule is CC(C)CCN1C(C)CCCC1C. The maximum atomic E-state index is 2.70. The molecule has 1 fully saturated rings. The van der Waals surface area contributed by atoms with Gasteiger partial charge in [0.2, 0.25) is 0 Å². The van der Waals surface area contributed by atoms with Crippen molar-refractivity contribution in [2.24, 2.45) is 5.92 Å². The van der Waals surface area contributed by atoms with Gasteiger partial charge in [0.05, 0.1) is 0 Å². The van der Waals surface area contributed by atoms with Gasteiger partial charge in [-0.05, 0) is 45.6 Å². The maximum Gasteiger partial charge on any atom is 0.00697 e. The van der Waals surface area contributed by atoms with E-state index in [9.17, 15) is 0 Å². The van der Waals surface area contributed by atoms with Crippen LogP contribution in [0.25, 0.3) is 0 Å². The predicted molar refractivity (Wildman–Crippen MR) is 58.9 cm³/mol. The average Bonchev–Trinajstić information content (AvgIpc) is 2.03. The van der Waals surface area contributed by atoms with Crippen molar-refractivity contribution in [3.05, 3.63) is 0 Å². The molecule has 0 aromatic carbocycles. The van der Waals surface area contributed by atoms with E-state index in [1.807, 2.05) is 0 Å². The molecule has 1 nitrogen and oxygen atoms in total. The zero-order valence-corrected chi connectivity index (χ0v) is 9.71. The van der Waals surface area contributed by atoms with Crippen molar-refractivity contribution < 1.29 is 0 Å².